The average Bonchev–Trinajstić information content (AvgIpc) is 2.46. The molecule has 0 saturated carbocycles. The van der Waals surface area contributed by atoms with E-state index in [1.54, 1.807) is 0 Å². The molecular weight excluding hydrogens is 160 g/mol. The van der Waals surface area contributed by atoms with Crippen molar-refractivity contribution in [3.05, 3.63) is 11.3 Å². The van der Waals surface area contributed by atoms with Gasteiger partial charge >= 0.3 is 5.97 Å². The summed E-state index contributed by atoms with van der Waals surface area (Å²) in [5, 5.41) is 17.6. The van der Waals surface area contributed by atoms with Crippen LogP contribution in [0.5, 0.6) is 0 Å². The molecular formula is C8H12O4. The summed E-state index contributed by atoms with van der Waals surface area (Å²) in [5.41, 5.74) is 0.236. The molecule has 1 aliphatic carbocycles. The van der Waals surface area contributed by atoms with Gasteiger partial charge in [0.05, 0.1) is 19.3 Å². The molecule has 4 heteroatoms. The molecule has 2 N–H and O–H groups in total. The highest BCUT2D eigenvalue weighted by Crippen LogP contribution is 2.31. The first-order valence-electron chi connectivity index (χ1n) is 3.82. The Bertz CT molecular complexity index is 219. The first-order chi connectivity index (χ1) is 5.70. The van der Waals surface area contributed by atoms with E-state index in [0.29, 0.717) is 18.6 Å². The third-order valence-electron chi connectivity index (χ3n) is 2.13. The standard InChI is InChI=1S/C8H12O4/c1-12-6-3-2-5(4-9)7(6)8(10)11/h5,9H,2-4H2,1H3,(H,10,11). The molecule has 0 aromatic heterocycles. The van der Waals surface area contributed by atoms with E-state index in [4.69, 9.17) is 14.9 Å². The van der Waals surface area contributed by atoms with Crippen molar-refractivity contribution in [3.63, 3.8) is 0 Å². The molecule has 0 radical (unpaired) electrons. The van der Waals surface area contributed by atoms with E-state index < -0.39 is 5.97 Å². The van der Waals surface area contributed by atoms with E-state index >= 15 is 0 Å². The maximum absolute atomic E-state index is 10.7. The molecule has 0 saturated heterocycles. The topological polar surface area (TPSA) is 66.8 Å². The molecule has 0 spiro atoms. The molecule has 68 valence electrons. The highest BCUT2D eigenvalue weighted by molar-refractivity contribution is 5.88. The lowest BCUT2D eigenvalue weighted by atomic mass is 10.0. The Morgan fingerprint density at radius 2 is 2.42 bits per heavy atom. The number of methoxy groups -OCH3 is 1. The number of aliphatic carboxylic acids is 1. The van der Waals surface area contributed by atoms with Gasteiger partial charge in [-0.1, -0.05) is 0 Å². The van der Waals surface area contributed by atoms with Crippen molar-refractivity contribution in [2.24, 2.45) is 5.92 Å². The summed E-state index contributed by atoms with van der Waals surface area (Å²) >= 11 is 0. The lowest BCUT2D eigenvalue weighted by Crippen LogP contribution is -2.13. The van der Waals surface area contributed by atoms with Gasteiger partial charge in [0.2, 0.25) is 0 Å². The molecule has 0 aliphatic heterocycles. The van der Waals surface area contributed by atoms with Crippen molar-refractivity contribution in [2.45, 2.75) is 12.8 Å². The van der Waals surface area contributed by atoms with Gasteiger partial charge in [0.15, 0.2) is 0 Å². The number of carbonyl (C=O) groups is 1. The normalized spacial score (nSPS) is 23.0. The molecule has 0 fully saturated rings. The van der Waals surface area contributed by atoms with Gasteiger partial charge in [-0.15, -0.1) is 0 Å². The summed E-state index contributed by atoms with van der Waals surface area (Å²) in [6.45, 7) is -0.117. The SMILES string of the molecule is COC1=C(C(=O)O)C(CO)CC1. The van der Waals surface area contributed by atoms with Crippen molar-refractivity contribution in [1.82, 2.24) is 0 Å². The molecule has 1 rings (SSSR count). The third kappa shape index (κ3) is 1.43. The van der Waals surface area contributed by atoms with Crippen molar-refractivity contribution in [1.29, 1.82) is 0 Å². The minimum Gasteiger partial charge on any atom is -0.501 e. The van der Waals surface area contributed by atoms with Gasteiger partial charge in [-0.05, 0) is 6.42 Å². The summed E-state index contributed by atoms with van der Waals surface area (Å²) in [6, 6.07) is 0. The highest BCUT2D eigenvalue weighted by Gasteiger charge is 2.30. The predicted molar refractivity (Wildman–Crippen MR) is 41.5 cm³/mol. The largest absolute Gasteiger partial charge is 0.501 e. The van der Waals surface area contributed by atoms with Crippen LogP contribution in [0.4, 0.5) is 0 Å². The molecule has 12 heavy (non-hydrogen) atoms. The zero-order chi connectivity index (χ0) is 9.14. The molecule has 0 aromatic rings. The summed E-state index contributed by atoms with van der Waals surface area (Å²) in [6.07, 6.45) is 1.28. The maximum atomic E-state index is 10.7. The lowest BCUT2D eigenvalue weighted by Gasteiger charge is -2.06. The third-order valence-corrected chi connectivity index (χ3v) is 2.13. The predicted octanol–water partition coefficient (Wildman–Crippen LogP) is 0.374. The van der Waals surface area contributed by atoms with Gasteiger partial charge in [-0.3, -0.25) is 0 Å². The first kappa shape index (κ1) is 9.06. The number of allylic oxidation sites excluding steroid dienone is 1. The van der Waals surface area contributed by atoms with Crippen LogP contribution < -0.4 is 0 Å². The second kappa shape index (κ2) is 3.58. The van der Waals surface area contributed by atoms with Crippen molar-refractivity contribution < 1.29 is 19.7 Å². The van der Waals surface area contributed by atoms with Gasteiger partial charge in [0.25, 0.3) is 0 Å². The molecule has 4 nitrogen and oxygen atoms in total. The Hall–Kier alpha value is -1.03. The van der Waals surface area contributed by atoms with E-state index in [9.17, 15) is 4.79 Å². The molecule has 1 aliphatic rings. The van der Waals surface area contributed by atoms with Gasteiger partial charge in [-0.2, -0.15) is 0 Å². The Morgan fingerprint density at radius 3 is 2.83 bits per heavy atom. The zero-order valence-electron chi connectivity index (χ0n) is 6.91. The number of carboxylic acids is 1. The molecule has 1 atom stereocenters. The fourth-order valence-corrected chi connectivity index (χ4v) is 1.50. The number of carboxylic acid groups (broad SMARTS) is 1. The maximum Gasteiger partial charge on any atom is 0.335 e. The van der Waals surface area contributed by atoms with Crippen LogP contribution in [-0.2, 0) is 9.53 Å². The van der Waals surface area contributed by atoms with Gasteiger partial charge in [-0.25, -0.2) is 4.79 Å². The lowest BCUT2D eigenvalue weighted by molar-refractivity contribution is -0.133. The van der Waals surface area contributed by atoms with Gasteiger partial charge in [0, 0.05) is 12.3 Å². The molecule has 0 amide bonds. The van der Waals surface area contributed by atoms with Crippen molar-refractivity contribution >= 4 is 5.97 Å². The molecule has 1 unspecified atom stereocenters. The Morgan fingerprint density at radius 1 is 1.75 bits per heavy atom. The Kier molecular flexibility index (Phi) is 2.70. The van der Waals surface area contributed by atoms with Crippen LogP contribution in [0.15, 0.2) is 11.3 Å². The second-order valence-electron chi connectivity index (χ2n) is 2.76. The number of hydrogen-bond donors (Lipinski definition) is 2. The van der Waals surface area contributed by atoms with Crippen LogP contribution in [0.2, 0.25) is 0 Å². The van der Waals surface area contributed by atoms with E-state index in [1.165, 1.54) is 7.11 Å². The van der Waals surface area contributed by atoms with Crippen LogP contribution in [0.3, 0.4) is 0 Å². The average molecular weight is 172 g/mol. The van der Waals surface area contributed by atoms with Gasteiger partial charge < -0.3 is 14.9 Å². The second-order valence-corrected chi connectivity index (χ2v) is 2.76. The molecule has 0 bridgehead atoms. The van der Waals surface area contributed by atoms with E-state index in [-0.39, 0.29) is 18.1 Å². The minimum absolute atomic E-state index is 0.117. The summed E-state index contributed by atoms with van der Waals surface area (Å²) in [7, 11) is 1.46. The number of rotatable bonds is 3. The zero-order valence-corrected chi connectivity index (χ0v) is 6.91. The summed E-state index contributed by atoms with van der Waals surface area (Å²) in [5.74, 6) is -0.734. The van der Waals surface area contributed by atoms with E-state index in [0.717, 1.165) is 0 Å². The molecule has 0 heterocycles. The first-order valence-corrected chi connectivity index (χ1v) is 3.82. The van der Waals surface area contributed by atoms with E-state index in [2.05, 4.69) is 0 Å². The summed E-state index contributed by atoms with van der Waals surface area (Å²) in [4.78, 5) is 10.7. The minimum atomic E-state index is -0.983. The van der Waals surface area contributed by atoms with Crippen molar-refractivity contribution in [3.8, 4) is 0 Å². The number of aliphatic hydroxyl groups is 1. The smallest absolute Gasteiger partial charge is 0.335 e. The van der Waals surface area contributed by atoms with Crippen molar-refractivity contribution in [2.75, 3.05) is 13.7 Å². The number of aliphatic hydroxyl groups excluding tert-OH is 1. The fourth-order valence-electron chi connectivity index (χ4n) is 1.50. The molecule has 0 aromatic carbocycles. The van der Waals surface area contributed by atoms with Crippen LogP contribution in [0, 0.1) is 5.92 Å². The Balaban J connectivity index is 2.88. The van der Waals surface area contributed by atoms with Crippen LogP contribution >= 0.6 is 0 Å². The van der Waals surface area contributed by atoms with Crippen LogP contribution in [-0.4, -0.2) is 29.9 Å². The van der Waals surface area contributed by atoms with Crippen LogP contribution in [0.1, 0.15) is 12.8 Å². The number of hydrogen-bond acceptors (Lipinski definition) is 3. The number of ether oxygens (including phenoxy) is 1. The van der Waals surface area contributed by atoms with Gasteiger partial charge in [0.1, 0.15) is 5.76 Å². The summed E-state index contributed by atoms with van der Waals surface area (Å²) < 4.78 is 4.90. The van der Waals surface area contributed by atoms with E-state index in [1.807, 2.05) is 0 Å². The monoisotopic (exact) mass is 172 g/mol. The Labute approximate surface area is 70.5 Å². The highest BCUT2D eigenvalue weighted by atomic mass is 16.5. The van der Waals surface area contributed by atoms with Crippen LogP contribution in [0.25, 0.3) is 0 Å². The fraction of sp³-hybridized carbons (Fsp3) is 0.625. The quantitative estimate of drug-likeness (QED) is 0.645.